The van der Waals surface area contributed by atoms with Crippen molar-refractivity contribution >= 4 is 12.4 Å². The fourth-order valence-electron chi connectivity index (χ4n) is 3.45. The normalized spacial score (nSPS) is 26.0. The van der Waals surface area contributed by atoms with Crippen molar-refractivity contribution in [2.24, 2.45) is 11.3 Å². The second-order valence-electron chi connectivity index (χ2n) is 7.03. The first-order valence-electron chi connectivity index (χ1n) is 7.48. The van der Waals surface area contributed by atoms with E-state index < -0.39 is 0 Å². The predicted octanol–water partition coefficient (Wildman–Crippen LogP) is 3.31. The van der Waals surface area contributed by atoms with E-state index in [2.05, 4.69) is 31.1 Å². The van der Waals surface area contributed by atoms with Crippen LogP contribution in [0.25, 0.3) is 0 Å². The number of nitrogens with one attached hydrogen (secondary N) is 1. The lowest BCUT2D eigenvalue weighted by Gasteiger charge is -2.38. The molecule has 0 unspecified atom stereocenters. The van der Waals surface area contributed by atoms with Crippen LogP contribution in [0.3, 0.4) is 0 Å². The maximum atomic E-state index is 3.46. The largest absolute Gasteiger partial charge is 0.317 e. The molecule has 0 radical (unpaired) electrons. The quantitative estimate of drug-likeness (QED) is 0.849. The van der Waals surface area contributed by atoms with Gasteiger partial charge >= 0.3 is 0 Å². The minimum Gasteiger partial charge on any atom is -0.317 e. The lowest BCUT2D eigenvalue weighted by Crippen LogP contribution is -2.43. The second kappa shape index (κ2) is 7.12. The van der Waals surface area contributed by atoms with E-state index in [1.807, 2.05) is 0 Å². The average molecular weight is 275 g/mol. The van der Waals surface area contributed by atoms with Crippen molar-refractivity contribution in [2.75, 3.05) is 26.7 Å². The van der Waals surface area contributed by atoms with E-state index in [0.29, 0.717) is 5.41 Å². The SMILES string of the molecule is CN(CC1CCC(C)(C)CC1)C1CCNCC1.Cl. The lowest BCUT2D eigenvalue weighted by molar-refractivity contribution is 0.123. The van der Waals surface area contributed by atoms with Crippen LogP contribution in [0.1, 0.15) is 52.4 Å². The first-order valence-corrected chi connectivity index (χ1v) is 7.48. The number of halogens is 1. The molecule has 1 aliphatic heterocycles. The molecule has 1 saturated carbocycles. The monoisotopic (exact) mass is 274 g/mol. The van der Waals surface area contributed by atoms with Crippen LogP contribution in [0, 0.1) is 11.3 Å². The zero-order valence-electron chi connectivity index (χ0n) is 12.4. The highest BCUT2D eigenvalue weighted by Gasteiger charge is 2.28. The summed E-state index contributed by atoms with van der Waals surface area (Å²) in [7, 11) is 2.34. The molecular weight excluding hydrogens is 244 g/mol. The van der Waals surface area contributed by atoms with Crippen molar-refractivity contribution in [1.82, 2.24) is 10.2 Å². The minimum absolute atomic E-state index is 0. The Morgan fingerprint density at radius 1 is 1.06 bits per heavy atom. The fourth-order valence-corrected chi connectivity index (χ4v) is 3.45. The van der Waals surface area contributed by atoms with E-state index in [1.54, 1.807) is 0 Å². The van der Waals surface area contributed by atoms with Gasteiger partial charge in [0.25, 0.3) is 0 Å². The molecule has 1 saturated heterocycles. The van der Waals surface area contributed by atoms with Gasteiger partial charge in [0.1, 0.15) is 0 Å². The first kappa shape index (κ1) is 16.3. The molecular formula is C15H31ClN2. The Morgan fingerprint density at radius 2 is 1.61 bits per heavy atom. The minimum atomic E-state index is 0. The van der Waals surface area contributed by atoms with Crippen LogP contribution in [0.15, 0.2) is 0 Å². The van der Waals surface area contributed by atoms with Gasteiger partial charge in [-0.25, -0.2) is 0 Å². The molecule has 0 aromatic carbocycles. The maximum Gasteiger partial charge on any atom is 0.0116 e. The molecule has 0 spiro atoms. The summed E-state index contributed by atoms with van der Waals surface area (Å²) in [5.74, 6) is 0.961. The van der Waals surface area contributed by atoms with E-state index in [4.69, 9.17) is 0 Å². The van der Waals surface area contributed by atoms with E-state index in [-0.39, 0.29) is 12.4 Å². The Balaban J connectivity index is 0.00000162. The van der Waals surface area contributed by atoms with Crippen molar-refractivity contribution in [3.8, 4) is 0 Å². The summed E-state index contributed by atoms with van der Waals surface area (Å²) in [5.41, 5.74) is 0.615. The lowest BCUT2D eigenvalue weighted by atomic mass is 9.73. The van der Waals surface area contributed by atoms with Gasteiger partial charge in [-0.3, -0.25) is 0 Å². The maximum absolute atomic E-state index is 3.46. The molecule has 0 aromatic rings. The highest BCUT2D eigenvalue weighted by atomic mass is 35.5. The molecule has 2 nitrogen and oxygen atoms in total. The average Bonchev–Trinajstić information content (AvgIpc) is 2.33. The summed E-state index contributed by atoms with van der Waals surface area (Å²) in [5, 5.41) is 3.46. The van der Waals surface area contributed by atoms with Gasteiger partial charge < -0.3 is 10.2 Å². The molecule has 0 aromatic heterocycles. The van der Waals surface area contributed by atoms with Crippen LogP contribution >= 0.6 is 12.4 Å². The molecule has 0 bridgehead atoms. The van der Waals surface area contributed by atoms with E-state index >= 15 is 0 Å². The number of hydrogen-bond acceptors (Lipinski definition) is 2. The third kappa shape index (κ3) is 4.71. The van der Waals surface area contributed by atoms with Crippen LogP contribution in [-0.2, 0) is 0 Å². The van der Waals surface area contributed by atoms with Crippen LogP contribution in [-0.4, -0.2) is 37.6 Å². The molecule has 1 N–H and O–H groups in total. The van der Waals surface area contributed by atoms with Gasteiger partial charge in [-0.2, -0.15) is 0 Å². The van der Waals surface area contributed by atoms with Crippen LogP contribution in [0.5, 0.6) is 0 Å². The highest BCUT2D eigenvalue weighted by molar-refractivity contribution is 5.85. The van der Waals surface area contributed by atoms with E-state index in [9.17, 15) is 0 Å². The first-order chi connectivity index (χ1) is 8.07. The third-order valence-corrected chi connectivity index (χ3v) is 4.94. The fraction of sp³-hybridized carbons (Fsp3) is 1.00. The van der Waals surface area contributed by atoms with Gasteiger partial charge in [-0.05, 0) is 70.0 Å². The Labute approximate surface area is 119 Å². The van der Waals surface area contributed by atoms with Crippen molar-refractivity contribution in [1.29, 1.82) is 0 Å². The Bertz CT molecular complexity index is 227. The van der Waals surface area contributed by atoms with Gasteiger partial charge in [0, 0.05) is 12.6 Å². The topological polar surface area (TPSA) is 15.3 Å². The predicted molar refractivity (Wildman–Crippen MR) is 81.5 cm³/mol. The summed E-state index contributed by atoms with van der Waals surface area (Å²) in [6.45, 7) is 8.62. The molecule has 2 fully saturated rings. The van der Waals surface area contributed by atoms with Gasteiger partial charge in [0.15, 0.2) is 0 Å². The van der Waals surface area contributed by atoms with Gasteiger partial charge in [0.05, 0.1) is 0 Å². The molecule has 1 aliphatic carbocycles. The van der Waals surface area contributed by atoms with Crippen LogP contribution in [0.2, 0.25) is 0 Å². The number of hydrogen-bond donors (Lipinski definition) is 1. The highest BCUT2D eigenvalue weighted by Crippen LogP contribution is 2.38. The number of rotatable bonds is 3. The standard InChI is InChI=1S/C15H30N2.ClH/c1-15(2)8-4-13(5-9-15)12-17(3)14-6-10-16-11-7-14;/h13-14,16H,4-12H2,1-3H3;1H. The van der Waals surface area contributed by atoms with Gasteiger partial charge in [-0.1, -0.05) is 13.8 Å². The smallest absolute Gasteiger partial charge is 0.0116 e. The van der Waals surface area contributed by atoms with Crippen molar-refractivity contribution in [2.45, 2.75) is 58.4 Å². The van der Waals surface area contributed by atoms with Crippen molar-refractivity contribution in [3.63, 3.8) is 0 Å². The molecule has 18 heavy (non-hydrogen) atoms. The van der Waals surface area contributed by atoms with Crippen molar-refractivity contribution in [3.05, 3.63) is 0 Å². The molecule has 1 heterocycles. The second-order valence-corrected chi connectivity index (χ2v) is 7.03. The van der Waals surface area contributed by atoms with E-state index in [1.165, 1.54) is 58.2 Å². The molecule has 2 rings (SSSR count). The molecule has 0 amide bonds. The summed E-state index contributed by atoms with van der Waals surface area (Å²) in [4.78, 5) is 2.64. The van der Waals surface area contributed by atoms with Crippen molar-refractivity contribution < 1.29 is 0 Å². The molecule has 2 aliphatic rings. The Kier molecular flexibility index (Phi) is 6.43. The third-order valence-electron chi connectivity index (χ3n) is 4.94. The summed E-state index contributed by atoms with van der Waals surface area (Å²) < 4.78 is 0. The number of nitrogens with zero attached hydrogens (tertiary/aromatic N) is 1. The van der Waals surface area contributed by atoms with Gasteiger partial charge in [-0.15, -0.1) is 12.4 Å². The van der Waals surface area contributed by atoms with Crippen LogP contribution in [0.4, 0.5) is 0 Å². The zero-order chi connectivity index (χ0) is 12.3. The van der Waals surface area contributed by atoms with Gasteiger partial charge in [0.2, 0.25) is 0 Å². The molecule has 0 atom stereocenters. The zero-order valence-corrected chi connectivity index (χ0v) is 13.2. The Morgan fingerprint density at radius 3 is 2.17 bits per heavy atom. The summed E-state index contributed by atoms with van der Waals surface area (Å²) in [6.07, 6.45) is 8.43. The van der Waals surface area contributed by atoms with Crippen LogP contribution < -0.4 is 5.32 Å². The molecule has 3 heteroatoms. The Hall–Kier alpha value is 0.210. The summed E-state index contributed by atoms with van der Waals surface area (Å²) >= 11 is 0. The molecule has 108 valence electrons. The number of piperidine rings is 1. The summed E-state index contributed by atoms with van der Waals surface area (Å²) in [6, 6.07) is 0.839. The van der Waals surface area contributed by atoms with E-state index in [0.717, 1.165) is 12.0 Å².